The van der Waals surface area contributed by atoms with E-state index in [1.54, 1.807) is 30.6 Å². The van der Waals surface area contributed by atoms with Gasteiger partial charge in [0.2, 0.25) is 21.9 Å². The summed E-state index contributed by atoms with van der Waals surface area (Å²) in [6.45, 7) is 2.03. The molecule has 0 bridgehead atoms. The minimum atomic E-state index is -3.71. The minimum absolute atomic E-state index is 0.133. The molecular formula is C30H30N4O3S. The summed E-state index contributed by atoms with van der Waals surface area (Å²) in [5, 5.41) is 0. The van der Waals surface area contributed by atoms with Crippen molar-refractivity contribution in [1.82, 2.24) is 14.7 Å². The van der Waals surface area contributed by atoms with Gasteiger partial charge in [0.1, 0.15) is 0 Å². The van der Waals surface area contributed by atoms with Gasteiger partial charge in [0.15, 0.2) is 0 Å². The summed E-state index contributed by atoms with van der Waals surface area (Å²) >= 11 is 0. The predicted molar refractivity (Wildman–Crippen MR) is 148 cm³/mol. The van der Waals surface area contributed by atoms with Crippen LogP contribution in [0.5, 0.6) is 0 Å². The molecule has 1 amide bonds. The first-order chi connectivity index (χ1) is 18.4. The fraction of sp³-hybridized carbons (Fsp3) is 0.233. The molecule has 1 aliphatic rings. The van der Waals surface area contributed by atoms with Gasteiger partial charge in [0, 0.05) is 24.9 Å². The maximum atomic E-state index is 13.5. The second-order valence-electron chi connectivity index (χ2n) is 9.36. The van der Waals surface area contributed by atoms with Crippen LogP contribution in [-0.2, 0) is 34.1 Å². The van der Waals surface area contributed by atoms with E-state index in [-0.39, 0.29) is 23.2 Å². The van der Waals surface area contributed by atoms with E-state index in [0.29, 0.717) is 18.5 Å². The van der Waals surface area contributed by atoms with Crippen LogP contribution in [0, 0.1) is 0 Å². The highest BCUT2D eigenvalue weighted by molar-refractivity contribution is 7.89. The number of nitrogens with one attached hydrogen (secondary N) is 1. The summed E-state index contributed by atoms with van der Waals surface area (Å²) in [6, 6.07) is 23.9. The van der Waals surface area contributed by atoms with Gasteiger partial charge in [-0.05, 0) is 78.3 Å². The molecule has 194 valence electrons. The van der Waals surface area contributed by atoms with E-state index < -0.39 is 16.1 Å². The van der Waals surface area contributed by atoms with E-state index in [9.17, 15) is 13.2 Å². The molecule has 7 nitrogen and oxygen atoms in total. The van der Waals surface area contributed by atoms with Crippen molar-refractivity contribution in [3.8, 4) is 0 Å². The number of amides is 1. The largest absolute Gasteiger partial charge is 0.274 e. The van der Waals surface area contributed by atoms with E-state index in [1.807, 2.05) is 67.6 Å². The molecule has 3 aromatic carbocycles. The standard InChI is InChI=1S/C30H30N4O3S/c1-2-22-9-15-26(16-10-22)38(36,37)33-28-17-13-24-12-14-25(21-27(24)28)34(30-31-19-6-20-32-30)29(35)18-11-23-7-4-3-5-8-23/h3-10,12,14-16,19-21,28,33H,2,11,13,17-18H2,1H3/t28-/m1/s1. The second kappa shape index (κ2) is 11.2. The molecule has 4 aromatic rings. The van der Waals surface area contributed by atoms with Crippen molar-refractivity contribution >= 4 is 27.6 Å². The fourth-order valence-electron chi connectivity index (χ4n) is 4.80. The SMILES string of the molecule is CCc1ccc(S(=O)(=O)N[C@@H]2CCc3ccc(N(C(=O)CCc4ccccc4)c4ncccn4)cc32)cc1. The number of hydrogen-bond acceptors (Lipinski definition) is 5. The first-order valence-electron chi connectivity index (χ1n) is 12.8. The first-order valence-corrected chi connectivity index (χ1v) is 14.3. The van der Waals surface area contributed by atoms with Crippen molar-refractivity contribution in [3.63, 3.8) is 0 Å². The summed E-state index contributed by atoms with van der Waals surface area (Å²) in [4.78, 5) is 23.9. The lowest BCUT2D eigenvalue weighted by Crippen LogP contribution is -2.29. The molecule has 5 rings (SSSR count). The van der Waals surface area contributed by atoms with Crippen molar-refractivity contribution in [1.29, 1.82) is 0 Å². The molecule has 1 atom stereocenters. The van der Waals surface area contributed by atoms with Crippen molar-refractivity contribution in [2.45, 2.75) is 50.0 Å². The van der Waals surface area contributed by atoms with Gasteiger partial charge in [-0.15, -0.1) is 0 Å². The number of carbonyl (C=O) groups excluding carboxylic acids is 1. The molecule has 8 heteroatoms. The zero-order chi connectivity index (χ0) is 26.5. The van der Waals surface area contributed by atoms with E-state index in [0.717, 1.165) is 35.1 Å². The van der Waals surface area contributed by atoms with Crippen LogP contribution < -0.4 is 9.62 Å². The van der Waals surface area contributed by atoms with Crippen LogP contribution in [0.25, 0.3) is 0 Å². The second-order valence-corrected chi connectivity index (χ2v) is 11.1. The van der Waals surface area contributed by atoms with Crippen LogP contribution in [0.1, 0.15) is 48.1 Å². The summed E-state index contributed by atoms with van der Waals surface area (Å²) in [6.07, 6.45) is 6.33. The van der Waals surface area contributed by atoms with Crippen LogP contribution in [-0.4, -0.2) is 24.3 Å². The lowest BCUT2D eigenvalue weighted by Gasteiger charge is -2.23. The van der Waals surface area contributed by atoms with Crippen LogP contribution in [0.3, 0.4) is 0 Å². The molecule has 0 saturated heterocycles. The maximum absolute atomic E-state index is 13.5. The zero-order valence-electron chi connectivity index (χ0n) is 21.2. The smallest absolute Gasteiger partial charge is 0.241 e. The number of nitrogens with zero attached hydrogens (tertiary/aromatic N) is 3. The summed E-state index contributed by atoms with van der Waals surface area (Å²) in [7, 11) is -3.71. The number of fused-ring (bicyclic) bond motifs is 1. The molecule has 1 N–H and O–H groups in total. The monoisotopic (exact) mass is 526 g/mol. The molecule has 1 aromatic heterocycles. The molecule has 0 spiro atoms. The van der Waals surface area contributed by atoms with Crippen LogP contribution in [0.4, 0.5) is 11.6 Å². The average molecular weight is 527 g/mol. The Morgan fingerprint density at radius 2 is 1.68 bits per heavy atom. The van der Waals surface area contributed by atoms with E-state index in [4.69, 9.17) is 0 Å². The molecular weight excluding hydrogens is 496 g/mol. The number of anilines is 2. The topological polar surface area (TPSA) is 92.3 Å². The van der Waals surface area contributed by atoms with Crippen molar-refractivity contribution in [2.75, 3.05) is 4.90 Å². The van der Waals surface area contributed by atoms with E-state index in [1.165, 1.54) is 4.90 Å². The molecule has 38 heavy (non-hydrogen) atoms. The number of carbonyl (C=O) groups is 1. The Hall–Kier alpha value is -3.88. The van der Waals surface area contributed by atoms with Crippen molar-refractivity contribution < 1.29 is 13.2 Å². The van der Waals surface area contributed by atoms with Gasteiger partial charge >= 0.3 is 0 Å². The molecule has 1 aliphatic carbocycles. The van der Waals surface area contributed by atoms with Crippen LogP contribution in [0.15, 0.2) is 96.2 Å². The van der Waals surface area contributed by atoms with Gasteiger partial charge in [-0.3, -0.25) is 4.79 Å². The van der Waals surface area contributed by atoms with E-state index in [2.05, 4.69) is 14.7 Å². The minimum Gasteiger partial charge on any atom is -0.274 e. The summed E-state index contributed by atoms with van der Waals surface area (Å²) in [5.74, 6) is 0.155. The highest BCUT2D eigenvalue weighted by Gasteiger charge is 2.29. The van der Waals surface area contributed by atoms with Crippen LogP contribution >= 0.6 is 0 Å². The third-order valence-corrected chi connectivity index (χ3v) is 8.36. The molecule has 0 fully saturated rings. The van der Waals surface area contributed by atoms with Gasteiger partial charge in [-0.2, -0.15) is 0 Å². The molecule has 0 saturated carbocycles. The zero-order valence-corrected chi connectivity index (χ0v) is 22.1. The van der Waals surface area contributed by atoms with Gasteiger partial charge < -0.3 is 0 Å². The normalized spacial score (nSPS) is 14.7. The highest BCUT2D eigenvalue weighted by atomic mass is 32.2. The Labute approximate surface area is 223 Å². The van der Waals surface area contributed by atoms with Crippen molar-refractivity contribution in [2.24, 2.45) is 0 Å². The highest BCUT2D eigenvalue weighted by Crippen LogP contribution is 2.36. The Balaban J connectivity index is 1.42. The maximum Gasteiger partial charge on any atom is 0.241 e. The number of rotatable bonds is 9. The lowest BCUT2D eigenvalue weighted by molar-refractivity contribution is -0.117. The van der Waals surface area contributed by atoms with Gasteiger partial charge in [-0.25, -0.2) is 28.0 Å². The number of sulfonamides is 1. The number of benzene rings is 3. The molecule has 0 radical (unpaired) electrons. The average Bonchev–Trinajstić information content (AvgIpc) is 3.34. The van der Waals surface area contributed by atoms with Gasteiger partial charge in [-0.1, -0.05) is 55.5 Å². The Kier molecular flexibility index (Phi) is 7.62. The first kappa shape index (κ1) is 25.8. The molecule has 1 heterocycles. The van der Waals surface area contributed by atoms with Crippen molar-refractivity contribution in [3.05, 3.63) is 114 Å². The molecule has 0 unspecified atom stereocenters. The van der Waals surface area contributed by atoms with E-state index >= 15 is 0 Å². The lowest BCUT2D eigenvalue weighted by atomic mass is 10.1. The van der Waals surface area contributed by atoms with Crippen LogP contribution in [0.2, 0.25) is 0 Å². The van der Waals surface area contributed by atoms with Gasteiger partial charge in [0.05, 0.1) is 10.6 Å². The summed E-state index contributed by atoms with van der Waals surface area (Å²) < 4.78 is 29.2. The number of aromatic nitrogens is 2. The third kappa shape index (κ3) is 5.66. The summed E-state index contributed by atoms with van der Waals surface area (Å²) in [5.41, 5.74) is 4.71. The predicted octanol–water partition coefficient (Wildman–Crippen LogP) is 5.30. The van der Waals surface area contributed by atoms with Gasteiger partial charge in [0.25, 0.3) is 0 Å². The Bertz CT molecular complexity index is 1510. The Morgan fingerprint density at radius 3 is 2.39 bits per heavy atom. The third-order valence-electron chi connectivity index (χ3n) is 6.88. The molecule has 0 aliphatic heterocycles. The quantitative estimate of drug-likeness (QED) is 0.319. The fourth-order valence-corrected chi connectivity index (χ4v) is 6.05. The number of aryl methyl sites for hydroxylation is 3. The Morgan fingerprint density at radius 1 is 0.947 bits per heavy atom. The number of hydrogen-bond donors (Lipinski definition) is 1.